The normalized spacial score (nSPS) is 15.1. The topological polar surface area (TPSA) is 159 Å². The van der Waals surface area contributed by atoms with Gasteiger partial charge in [0, 0.05) is 18.4 Å². The monoisotopic (exact) mass is 576 g/mol. The van der Waals surface area contributed by atoms with Gasteiger partial charge in [-0.2, -0.15) is 5.10 Å². The number of nitrogens with one attached hydrogen (secondary N) is 2. The van der Waals surface area contributed by atoms with Crippen LogP contribution in [0.15, 0.2) is 71.7 Å². The predicted molar refractivity (Wildman–Crippen MR) is 159 cm³/mol. The molecule has 1 unspecified atom stereocenters. The number of benzene rings is 2. The highest BCUT2D eigenvalue weighted by molar-refractivity contribution is 5.98. The molecule has 0 spiro atoms. The number of imidazole rings is 1. The Bertz CT molecular complexity index is 1970. The molecule has 12 nitrogen and oxygen atoms in total. The molecular formula is C31H28N8O4. The van der Waals surface area contributed by atoms with E-state index in [2.05, 4.69) is 32.6 Å². The Hall–Kier alpha value is -5.54. The molecule has 6 rings (SSSR count). The van der Waals surface area contributed by atoms with E-state index in [0.717, 1.165) is 6.42 Å². The number of nitrogens with two attached hydrogens (primary N) is 1. The molecule has 0 radical (unpaired) electrons. The Labute approximate surface area is 245 Å². The molecule has 1 fully saturated rings. The van der Waals surface area contributed by atoms with Crippen LogP contribution in [-0.2, 0) is 9.53 Å². The van der Waals surface area contributed by atoms with Gasteiger partial charge >= 0.3 is 0 Å². The average Bonchev–Trinajstić information content (AvgIpc) is 3.67. The van der Waals surface area contributed by atoms with E-state index < -0.39 is 18.1 Å². The Balaban J connectivity index is 1.36. The molecule has 12 heteroatoms. The second kappa shape index (κ2) is 11.8. The van der Waals surface area contributed by atoms with E-state index in [-0.39, 0.29) is 29.5 Å². The number of aromatic nitrogens is 5. The summed E-state index contributed by atoms with van der Waals surface area (Å²) in [5.41, 5.74) is 7.68. The van der Waals surface area contributed by atoms with Crippen molar-refractivity contribution in [3.63, 3.8) is 0 Å². The Kier molecular flexibility index (Phi) is 7.55. The van der Waals surface area contributed by atoms with Crippen molar-refractivity contribution in [2.75, 3.05) is 18.9 Å². The molecule has 4 N–H and O–H groups in total. The molecule has 2 atom stereocenters. The lowest BCUT2D eigenvalue weighted by atomic mass is 10.1. The van der Waals surface area contributed by atoms with E-state index in [1.165, 1.54) is 15.3 Å². The molecule has 4 heterocycles. The van der Waals surface area contributed by atoms with E-state index in [0.29, 0.717) is 46.7 Å². The van der Waals surface area contributed by atoms with Crippen molar-refractivity contribution in [2.24, 2.45) is 0 Å². The fourth-order valence-corrected chi connectivity index (χ4v) is 5.09. The second-order valence-corrected chi connectivity index (χ2v) is 10.0. The van der Waals surface area contributed by atoms with Crippen LogP contribution in [0.4, 0.5) is 5.82 Å². The van der Waals surface area contributed by atoms with Gasteiger partial charge in [0.1, 0.15) is 11.9 Å². The fourth-order valence-electron chi connectivity index (χ4n) is 5.09. The molecule has 216 valence electrons. The number of anilines is 1. The standard InChI is InChI=1S/C31H28N8O4/c1-19(35-30(41)26-27(32)37-24-15-7-17-34-39(24)26)28-36-22-13-5-9-20(10-6-16-33-29(40)23-14-8-18-43-23)25(22)31(42)38(28)21-11-3-2-4-12-21/h2-5,7,9,11-13,15,17,19,23H,8,14,16,18,32H2,1H3,(H,33,40)(H,35,41)/t19?,23-/m1/s1. The van der Waals surface area contributed by atoms with Crippen molar-refractivity contribution >= 4 is 34.2 Å². The average molecular weight is 577 g/mol. The lowest BCUT2D eigenvalue weighted by molar-refractivity contribution is -0.129. The third-order valence-electron chi connectivity index (χ3n) is 7.10. The van der Waals surface area contributed by atoms with Gasteiger partial charge in [-0.3, -0.25) is 19.0 Å². The van der Waals surface area contributed by atoms with Crippen LogP contribution in [0.2, 0.25) is 0 Å². The highest BCUT2D eigenvalue weighted by Crippen LogP contribution is 2.21. The van der Waals surface area contributed by atoms with Crippen molar-refractivity contribution in [1.82, 2.24) is 34.8 Å². The molecule has 0 saturated carbocycles. The van der Waals surface area contributed by atoms with Crippen molar-refractivity contribution in [2.45, 2.75) is 31.9 Å². The number of carbonyl (C=O) groups is 2. The van der Waals surface area contributed by atoms with E-state index in [9.17, 15) is 14.4 Å². The van der Waals surface area contributed by atoms with Gasteiger partial charge in [-0.1, -0.05) is 36.1 Å². The Morgan fingerprint density at radius 1 is 1.12 bits per heavy atom. The number of amides is 2. The fraction of sp³-hybridized carbons (Fsp3) is 0.226. The first-order valence-corrected chi connectivity index (χ1v) is 13.8. The minimum absolute atomic E-state index is 0.0329. The summed E-state index contributed by atoms with van der Waals surface area (Å²) in [6, 6.07) is 16.9. The number of rotatable bonds is 6. The van der Waals surface area contributed by atoms with Crippen molar-refractivity contribution in [1.29, 1.82) is 0 Å². The number of ether oxygens (including phenoxy) is 1. The molecule has 1 saturated heterocycles. The van der Waals surface area contributed by atoms with Gasteiger partial charge in [-0.15, -0.1) is 0 Å². The summed E-state index contributed by atoms with van der Waals surface area (Å²) in [4.78, 5) is 48.8. The van der Waals surface area contributed by atoms with Gasteiger partial charge in [0.15, 0.2) is 17.2 Å². The van der Waals surface area contributed by atoms with Crippen molar-refractivity contribution in [3.8, 4) is 17.5 Å². The molecule has 1 aliphatic rings. The van der Waals surface area contributed by atoms with Crippen LogP contribution in [0, 0.1) is 11.8 Å². The van der Waals surface area contributed by atoms with Crippen LogP contribution in [-0.4, -0.2) is 55.2 Å². The Morgan fingerprint density at radius 2 is 1.95 bits per heavy atom. The zero-order chi connectivity index (χ0) is 29.9. The third-order valence-corrected chi connectivity index (χ3v) is 7.10. The largest absolute Gasteiger partial charge is 0.382 e. The summed E-state index contributed by atoms with van der Waals surface area (Å²) < 4.78 is 8.24. The second-order valence-electron chi connectivity index (χ2n) is 10.0. The molecular weight excluding hydrogens is 548 g/mol. The van der Waals surface area contributed by atoms with E-state index in [4.69, 9.17) is 15.5 Å². The molecule has 3 aromatic heterocycles. The molecule has 43 heavy (non-hydrogen) atoms. The first-order valence-electron chi connectivity index (χ1n) is 13.8. The smallest absolute Gasteiger partial charge is 0.274 e. The van der Waals surface area contributed by atoms with Gasteiger partial charge in [0.05, 0.1) is 29.2 Å². The first-order chi connectivity index (χ1) is 20.9. The quantitative estimate of drug-likeness (QED) is 0.260. The summed E-state index contributed by atoms with van der Waals surface area (Å²) in [7, 11) is 0. The maximum atomic E-state index is 14.1. The summed E-state index contributed by atoms with van der Waals surface area (Å²) in [5.74, 6) is 5.58. The summed E-state index contributed by atoms with van der Waals surface area (Å²) in [5, 5.41) is 10.2. The van der Waals surface area contributed by atoms with Crippen LogP contribution in [0.1, 0.15) is 47.7 Å². The highest BCUT2D eigenvalue weighted by Gasteiger charge is 2.25. The predicted octanol–water partition coefficient (Wildman–Crippen LogP) is 2.15. The van der Waals surface area contributed by atoms with E-state index in [1.807, 2.05) is 18.2 Å². The van der Waals surface area contributed by atoms with Crippen molar-refractivity contribution < 1.29 is 14.3 Å². The molecule has 2 amide bonds. The maximum absolute atomic E-state index is 14.1. The summed E-state index contributed by atoms with van der Waals surface area (Å²) >= 11 is 0. The lowest BCUT2D eigenvalue weighted by Crippen LogP contribution is -2.34. The van der Waals surface area contributed by atoms with Crippen LogP contribution in [0.25, 0.3) is 22.2 Å². The molecule has 5 aromatic rings. The summed E-state index contributed by atoms with van der Waals surface area (Å²) in [6.07, 6.45) is 2.64. The molecule has 1 aliphatic heterocycles. The van der Waals surface area contributed by atoms with E-state index >= 15 is 0 Å². The van der Waals surface area contributed by atoms with Gasteiger partial charge in [0.25, 0.3) is 11.5 Å². The molecule has 0 aliphatic carbocycles. The number of nitrogens with zero attached hydrogens (tertiary/aromatic N) is 5. The summed E-state index contributed by atoms with van der Waals surface area (Å²) in [6.45, 7) is 2.42. The van der Waals surface area contributed by atoms with Gasteiger partial charge in [-0.25, -0.2) is 14.5 Å². The van der Waals surface area contributed by atoms with Gasteiger partial charge in [-0.05, 0) is 56.2 Å². The number of hydrogen-bond donors (Lipinski definition) is 3. The highest BCUT2D eigenvalue weighted by atomic mass is 16.5. The minimum atomic E-state index is -0.721. The zero-order valence-electron chi connectivity index (χ0n) is 23.3. The number of carbonyl (C=O) groups excluding carboxylic acids is 2. The first kappa shape index (κ1) is 27.6. The number of nitrogen functional groups attached to an aromatic ring is 1. The zero-order valence-corrected chi connectivity index (χ0v) is 23.3. The maximum Gasteiger partial charge on any atom is 0.274 e. The molecule has 0 bridgehead atoms. The van der Waals surface area contributed by atoms with E-state index in [1.54, 1.807) is 49.4 Å². The third kappa shape index (κ3) is 5.41. The van der Waals surface area contributed by atoms with Crippen LogP contribution in [0.3, 0.4) is 0 Å². The van der Waals surface area contributed by atoms with Crippen LogP contribution < -0.4 is 21.9 Å². The number of fused-ring (bicyclic) bond motifs is 2. The lowest BCUT2D eigenvalue weighted by Gasteiger charge is -2.20. The van der Waals surface area contributed by atoms with Crippen molar-refractivity contribution in [3.05, 3.63) is 94.3 Å². The van der Waals surface area contributed by atoms with Gasteiger partial charge in [0.2, 0.25) is 5.91 Å². The minimum Gasteiger partial charge on any atom is -0.382 e. The molecule has 2 aromatic carbocycles. The van der Waals surface area contributed by atoms with Crippen LogP contribution in [0.5, 0.6) is 0 Å². The number of para-hydroxylation sites is 1. The number of hydrogen-bond acceptors (Lipinski definition) is 8. The SMILES string of the molecule is CC(NC(=O)c1c(N)nc2cccnn12)c1nc2cccc(C#CCNC(=O)[C@H]3CCCO3)c2c(=O)n1-c1ccccc1. The van der Waals surface area contributed by atoms with Crippen LogP contribution >= 0.6 is 0 Å². The Morgan fingerprint density at radius 3 is 2.74 bits per heavy atom. The van der Waals surface area contributed by atoms with Gasteiger partial charge < -0.3 is 21.1 Å².